The van der Waals surface area contributed by atoms with E-state index in [0.717, 1.165) is 18.5 Å². The van der Waals surface area contributed by atoms with E-state index in [0.29, 0.717) is 10.8 Å². The molecule has 0 amide bonds. The SMILES string of the molecule is C[C@@H](CN[C@@H](C)c1ccc(S(C)(=O)=O)cc1)Cc1cccs1. The third kappa shape index (κ3) is 4.93. The van der Waals surface area contributed by atoms with Crippen LogP contribution in [0.5, 0.6) is 0 Å². The first-order chi connectivity index (χ1) is 10.4. The molecule has 2 atom stereocenters. The molecule has 1 aromatic carbocycles. The largest absolute Gasteiger partial charge is 0.310 e. The average molecular weight is 338 g/mol. The van der Waals surface area contributed by atoms with Crippen molar-refractivity contribution in [2.45, 2.75) is 31.2 Å². The summed E-state index contributed by atoms with van der Waals surface area (Å²) in [5.41, 5.74) is 1.11. The van der Waals surface area contributed by atoms with Gasteiger partial charge in [-0.15, -0.1) is 11.3 Å². The number of hydrogen-bond acceptors (Lipinski definition) is 4. The van der Waals surface area contributed by atoms with Crippen molar-refractivity contribution >= 4 is 21.2 Å². The van der Waals surface area contributed by atoms with E-state index in [1.54, 1.807) is 23.5 Å². The summed E-state index contributed by atoms with van der Waals surface area (Å²) >= 11 is 1.80. The van der Waals surface area contributed by atoms with Gasteiger partial charge in [-0.2, -0.15) is 0 Å². The van der Waals surface area contributed by atoms with Crippen LogP contribution in [0.25, 0.3) is 0 Å². The normalized spacial score (nSPS) is 14.7. The summed E-state index contributed by atoms with van der Waals surface area (Å²) in [6.07, 6.45) is 2.32. The second kappa shape index (κ2) is 7.40. The van der Waals surface area contributed by atoms with E-state index >= 15 is 0 Å². The molecule has 2 aromatic rings. The molecule has 1 heterocycles. The quantitative estimate of drug-likeness (QED) is 0.838. The molecule has 3 nitrogen and oxygen atoms in total. The Labute approximate surface area is 137 Å². The highest BCUT2D eigenvalue weighted by molar-refractivity contribution is 7.90. The summed E-state index contributed by atoms with van der Waals surface area (Å²) in [6, 6.07) is 11.6. The first-order valence-electron chi connectivity index (χ1n) is 7.42. The van der Waals surface area contributed by atoms with E-state index in [1.807, 2.05) is 12.1 Å². The van der Waals surface area contributed by atoms with Crippen molar-refractivity contribution in [3.8, 4) is 0 Å². The Bertz CT molecular complexity index is 676. The van der Waals surface area contributed by atoms with Gasteiger partial charge in [0.2, 0.25) is 0 Å². The Hall–Kier alpha value is -1.17. The molecule has 0 fully saturated rings. The number of nitrogens with one attached hydrogen (secondary N) is 1. The van der Waals surface area contributed by atoms with Gasteiger partial charge < -0.3 is 5.32 Å². The molecule has 0 saturated carbocycles. The molecule has 0 aliphatic carbocycles. The van der Waals surface area contributed by atoms with Crippen LogP contribution in [-0.4, -0.2) is 21.2 Å². The molecule has 1 aromatic heterocycles. The third-order valence-corrected chi connectivity index (χ3v) is 5.74. The first kappa shape index (κ1) is 17.2. The lowest BCUT2D eigenvalue weighted by molar-refractivity contribution is 0.470. The second-order valence-corrected chi connectivity index (χ2v) is 8.91. The van der Waals surface area contributed by atoms with Crippen molar-refractivity contribution in [3.05, 3.63) is 52.2 Å². The summed E-state index contributed by atoms with van der Waals surface area (Å²) in [5, 5.41) is 5.64. The van der Waals surface area contributed by atoms with Gasteiger partial charge in [-0.25, -0.2) is 8.42 Å². The number of rotatable bonds is 7. The average Bonchev–Trinajstić information content (AvgIpc) is 2.97. The van der Waals surface area contributed by atoms with Crippen LogP contribution >= 0.6 is 11.3 Å². The molecule has 22 heavy (non-hydrogen) atoms. The van der Waals surface area contributed by atoms with Crippen LogP contribution in [0, 0.1) is 5.92 Å². The first-order valence-corrected chi connectivity index (χ1v) is 10.2. The zero-order valence-corrected chi connectivity index (χ0v) is 14.9. The Morgan fingerprint density at radius 1 is 1.14 bits per heavy atom. The summed E-state index contributed by atoms with van der Waals surface area (Å²) in [4.78, 5) is 1.79. The highest BCUT2D eigenvalue weighted by Crippen LogP contribution is 2.18. The van der Waals surface area contributed by atoms with Gasteiger partial charge in [-0.05, 0) is 54.9 Å². The fourth-order valence-electron chi connectivity index (χ4n) is 2.34. The van der Waals surface area contributed by atoms with Crippen molar-refractivity contribution < 1.29 is 8.42 Å². The summed E-state index contributed by atoms with van der Waals surface area (Å²) in [6.45, 7) is 5.28. The van der Waals surface area contributed by atoms with Gasteiger partial charge in [0.05, 0.1) is 4.90 Å². The lowest BCUT2D eigenvalue weighted by Crippen LogP contribution is -2.25. The maximum absolute atomic E-state index is 11.5. The van der Waals surface area contributed by atoms with E-state index < -0.39 is 9.84 Å². The molecule has 120 valence electrons. The van der Waals surface area contributed by atoms with Gasteiger partial charge in [0, 0.05) is 17.2 Å². The Morgan fingerprint density at radius 3 is 2.36 bits per heavy atom. The maximum Gasteiger partial charge on any atom is 0.175 e. The molecule has 0 saturated heterocycles. The molecule has 0 radical (unpaired) electrons. The number of hydrogen-bond donors (Lipinski definition) is 1. The molecule has 0 unspecified atom stereocenters. The van der Waals surface area contributed by atoms with E-state index in [1.165, 1.54) is 11.1 Å². The van der Waals surface area contributed by atoms with E-state index in [4.69, 9.17) is 0 Å². The minimum atomic E-state index is -3.12. The van der Waals surface area contributed by atoms with Gasteiger partial charge in [0.1, 0.15) is 0 Å². The number of sulfone groups is 1. The van der Waals surface area contributed by atoms with Gasteiger partial charge in [0.25, 0.3) is 0 Å². The van der Waals surface area contributed by atoms with Gasteiger partial charge in [-0.1, -0.05) is 25.1 Å². The summed E-state index contributed by atoms with van der Waals surface area (Å²) < 4.78 is 22.9. The van der Waals surface area contributed by atoms with Crippen LogP contribution in [0.15, 0.2) is 46.7 Å². The fourth-order valence-corrected chi connectivity index (χ4v) is 3.84. The predicted molar refractivity (Wildman–Crippen MR) is 93.2 cm³/mol. The van der Waals surface area contributed by atoms with Crippen LogP contribution in [0.1, 0.15) is 30.3 Å². The van der Waals surface area contributed by atoms with Gasteiger partial charge in [0.15, 0.2) is 9.84 Å². The standard InChI is InChI=1S/C17H23NO2S2/c1-13(11-16-5-4-10-21-16)12-18-14(2)15-6-8-17(9-7-15)22(3,19)20/h4-10,13-14,18H,11-12H2,1-3H3/t13-,14+/m1/s1. The maximum atomic E-state index is 11.5. The Balaban J connectivity index is 1.88. The van der Waals surface area contributed by atoms with Gasteiger partial charge >= 0.3 is 0 Å². The van der Waals surface area contributed by atoms with Crippen LogP contribution < -0.4 is 5.32 Å². The van der Waals surface area contributed by atoms with E-state index in [9.17, 15) is 8.42 Å². The molecule has 0 spiro atoms. The molecule has 1 N–H and O–H groups in total. The molecule has 5 heteroatoms. The van der Waals surface area contributed by atoms with Gasteiger partial charge in [-0.3, -0.25) is 0 Å². The summed E-state index contributed by atoms with van der Waals surface area (Å²) in [7, 11) is -3.12. The number of thiophene rings is 1. The second-order valence-electron chi connectivity index (χ2n) is 5.86. The molecular weight excluding hydrogens is 314 g/mol. The van der Waals surface area contributed by atoms with Crippen molar-refractivity contribution in [3.63, 3.8) is 0 Å². The fraction of sp³-hybridized carbons (Fsp3) is 0.412. The van der Waals surface area contributed by atoms with Crippen molar-refractivity contribution in [2.24, 2.45) is 5.92 Å². The molecule has 0 aliphatic heterocycles. The molecule has 0 bridgehead atoms. The Kier molecular flexibility index (Phi) is 5.78. The summed E-state index contributed by atoms with van der Waals surface area (Å²) in [5.74, 6) is 0.566. The van der Waals surface area contributed by atoms with Crippen LogP contribution in [0.2, 0.25) is 0 Å². The van der Waals surface area contributed by atoms with Crippen molar-refractivity contribution in [2.75, 3.05) is 12.8 Å². The Morgan fingerprint density at radius 2 is 1.82 bits per heavy atom. The smallest absolute Gasteiger partial charge is 0.175 e. The predicted octanol–water partition coefficient (Wildman–Crippen LogP) is 3.68. The topological polar surface area (TPSA) is 46.2 Å². The highest BCUT2D eigenvalue weighted by atomic mass is 32.2. The molecule has 2 rings (SSSR count). The lowest BCUT2D eigenvalue weighted by Gasteiger charge is -2.18. The third-order valence-electron chi connectivity index (χ3n) is 3.71. The van der Waals surface area contributed by atoms with Crippen LogP contribution in [-0.2, 0) is 16.3 Å². The van der Waals surface area contributed by atoms with Crippen LogP contribution in [0.3, 0.4) is 0 Å². The minimum Gasteiger partial charge on any atom is -0.310 e. The van der Waals surface area contributed by atoms with Crippen LogP contribution in [0.4, 0.5) is 0 Å². The molecule has 0 aliphatic rings. The highest BCUT2D eigenvalue weighted by Gasteiger charge is 2.11. The van der Waals surface area contributed by atoms with Crippen molar-refractivity contribution in [1.29, 1.82) is 0 Å². The monoisotopic (exact) mass is 337 g/mol. The van der Waals surface area contributed by atoms with E-state index in [2.05, 4.69) is 36.7 Å². The zero-order valence-electron chi connectivity index (χ0n) is 13.2. The minimum absolute atomic E-state index is 0.208. The lowest BCUT2D eigenvalue weighted by atomic mass is 10.0. The molecular formula is C17H23NO2S2. The van der Waals surface area contributed by atoms with Crippen molar-refractivity contribution in [1.82, 2.24) is 5.32 Å². The number of benzene rings is 1. The van der Waals surface area contributed by atoms with E-state index in [-0.39, 0.29) is 6.04 Å². The zero-order chi connectivity index (χ0) is 16.2.